The average molecular weight is 260 g/mol. The van der Waals surface area contributed by atoms with Crippen LogP contribution in [0.25, 0.3) is 0 Å². The molecule has 0 amide bonds. The summed E-state index contributed by atoms with van der Waals surface area (Å²) < 4.78 is 24.6. The molecule has 0 aromatic rings. The Morgan fingerprint density at radius 3 is 2.50 bits per heavy atom. The number of rotatable bonds is 6. The van der Waals surface area contributed by atoms with Crippen LogP contribution in [0.5, 0.6) is 0 Å². The van der Waals surface area contributed by atoms with Crippen molar-refractivity contribution < 1.29 is 8.78 Å². The van der Waals surface area contributed by atoms with Crippen LogP contribution in [0, 0.1) is 17.8 Å². The average Bonchev–Trinajstić information content (AvgIpc) is 3.10. The number of piperidine rings is 1. The van der Waals surface area contributed by atoms with E-state index in [-0.39, 0.29) is 12.6 Å². The molecular weight excluding hydrogens is 234 g/mol. The molecule has 2 nitrogen and oxygen atoms in total. The molecule has 2 unspecified atom stereocenters. The zero-order valence-corrected chi connectivity index (χ0v) is 11.5. The van der Waals surface area contributed by atoms with Gasteiger partial charge in [0.05, 0.1) is 6.54 Å². The second kappa shape index (κ2) is 6.29. The van der Waals surface area contributed by atoms with Crippen LogP contribution in [0.2, 0.25) is 0 Å². The van der Waals surface area contributed by atoms with Gasteiger partial charge in [-0.2, -0.15) is 0 Å². The summed E-state index contributed by atoms with van der Waals surface area (Å²) in [5, 5.41) is 3.04. The van der Waals surface area contributed by atoms with Gasteiger partial charge in [0.1, 0.15) is 0 Å². The molecule has 2 rings (SSSR count). The van der Waals surface area contributed by atoms with E-state index < -0.39 is 6.43 Å². The van der Waals surface area contributed by atoms with E-state index in [9.17, 15) is 8.78 Å². The Labute approximate surface area is 109 Å². The number of hydrogen-bond acceptors (Lipinski definition) is 2. The molecule has 0 aromatic heterocycles. The smallest absolute Gasteiger partial charge is 0.250 e. The summed E-state index contributed by atoms with van der Waals surface area (Å²) in [7, 11) is 0. The number of hydrogen-bond donors (Lipinski definition) is 1. The summed E-state index contributed by atoms with van der Waals surface area (Å²) in [4.78, 5) is 2.50. The summed E-state index contributed by atoms with van der Waals surface area (Å²) >= 11 is 0. The molecule has 1 saturated heterocycles. The molecule has 0 aromatic carbocycles. The van der Waals surface area contributed by atoms with Gasteiger partial charge in [-0.3, -0.25) is 0 Å². The monoisotopic (exact) mass is 260 g/mol. The first-order valence-electron chi connectivity index (χ1n) is 7.28. The minimum absolute atomic E-state index is 0.160. The zero-order chi connectivity index (χ0) is 13.1. The standard InChI is InChI=1S/C14H26F2N2/c1-10(2)12-5-13(17-6-14(15)16)9-18(8-12)7-11-3-4-11/h10-14,17H,3-9H2,1-2H3. The van der Waals surface area contributed by atoms with Gasteiger partial charge < -0.3 is 10.2 Å². The van der Waals surface area contributed by atoms with E-state index in [1.54, 1.807) is 0 Å². The van der Waals surface area contributed by atoms with Crippen LogP contribution in [0.1, 0.15) is 33.1 Å². The molecule has 106 valence electrons. The lowest BCUT2D eigenvalue weighted by Crippen LogP contribution is -2.51. The van der Waals surface area contributed by atoms with E-state index in [4.69, 9.17) is 0 Å². The molecule has 2 aliphatic rings. The fraction of sp³-hybridized carbons (Fsp3) is 1.00. The Morgan fingerprint density at radius 1 is 1.22 bits per heavy atom. The van der Waals surface area contributed by atoms with Crippen molar-refractivity contribution in [2.75, 3.05) is 26.2 Å². The zero-order valence-electron chi connectivity index (χ0n) is 11.5. The maximum atomic E-state index is 12.3. The van der Waals surface area contributed by atoms with Crippen molar-refractivity contribution in [3.8, 4) is 0 Å². The largest absolute Gasteiger partial charge is 0.307 e. The third kappa shape index (κ3) is 4.47. The highest BCUT2D eigenvalue weighted by atomic mass is 19.3. The normalized spacial score (nSPS) is 30.3. The first-order chi connectivity index (χ1) is 8.54. The van der Waals surface area contributed by atoms with Gasteiger partial charge in [-0.05, 0) is 37.0 Å². The highest BCUT2D eigenvalue weighted by molar-refractivity contribution is 4.87. The van der Waals surface area contributed by atoms with Crippen LogP contribution >= 0.6 is 0 Å². The van der Waals surface area contributed by atoms with E-state index in [1.165, 1.54) is 19.4 Å². The summed E-state index contributed by atoms with van der Waals surface area (Å²) in [5.74, 6) is 2.17. The third-order valence-corrected chi connectivity index (χ3v) is 4.28. The Balaban J connectivity index is 1.83. The highest BCUT2D eigenvalue weighted by Gasteiger charge is 2.32. The Hall–Kier alpha value is -0.220. The molecule has 1 N–H and O–H groups in total. The van der Waals surface area contributed by atoms with E-state index >= 15 is 0 Å². The van der Waals surface area contributed by atoms with Gasteiger partial charge in [0.15, 0.2) is 0 Å². The number of nitrogens with zero attached hydrogens (tertiary/aromatic N) is 1. The molecule has 2 atom stereocenters. The van der Waals surface area contributed by atoms with Crippen molar-refractivity contribution in [3.05, 3.63) is 0 Å². The first kappa shape index (κ1) is 14.2. The molecule has 1 saturated carbocycles. The molecule has 1 heterocycles. The van der Waals surface area contributed by atoms with Crippen molar-refractivity contribution in [2.45, 2.75) is 45.6 Å². The van der Waals surface area contributed by atoms with Gasteiger partial charge in [-0.15, -0.1) is 0 Å². The summed E-state index contributed by atoms with van der Waals surface area (Å²) in [5.41, 5.74) is 0. The Bertz CT molecular complexity index is 254. The van der Waals surface area contributed by atoms with Gasteiger partial charge in [0.25, 0.3) is 6.43 Å². The fourth-order valence-corrected chi connectivity index (χ4v) is 2.93. The number of likely N-dealkylation sites (tertiary alicyclic amines) is 1. The van der Waals surface area contributed by atoms with E-state index in [0.717, 1.165) is 25.4 Å². The topological polar surface area (TPSA) is 15.3 Å². The number of alkyl halides is 2. The van der Waals surface area contributed by atoms with Gasteiger partial charge in [0, 0.05) is 25.7 Å². The number of halogens is 2. The van der Waals surface area contributed by atoms with Gasteiger partial charge in [-0.25, -0.2) is 8.78 Å². The maximum absolute atomic E-state index is 12.3. The van der Waals surface area contributed by atoms with Crippen molar-refractivity contribution >= 4 is 0 Å². The molecule has 0 bridgehead atoms. The highest BCUT2D eigenvalue weighted by Crippen LogP contribution is 2.32. The summed E-state index contributed by atoms with van der Waals surface area (Å²) in [6, 6.07) is 0.249. The molecule has 4 heteroatoms. The lowest BCUT2D eigenvalue weighted by atomic mass is 9.85. The number of nitrogens with one attached hydrogen (secondary N) is 1. The van der Waals surface area contributed by atoms with E-state index in [1.807, 2.05) is 0 Å². The fourth-order valence-electron chi connectivity index (χ4n) is 2.93. The maximum Gasteiger partial charge on any atom is 0.250 e. The van der Waals surface area contributed by atoms with Crippen molar-refractivity contribution in [1.29, 1.82) is 0 Å². The molecule has 1 aliphatic carbocycles. The van der Waals surface area contributed by atoms with Crippen LogP contribution in [0.3, 0.4) is 0 Å². The second-order valence-corrected chi connectivity index (χ2v) is 6.40. The molecule has 0 radical (unpaired) electrons. The first-order valence-corrected chi connectivity index (χ1v) is 7.28. The SMILES string of the molecule is CC(C)C1CC(NCC(F)F)CN(CC2CC2)C1. The van der Waals surface area contributed by atoms with Crippen molar-refractivity contribution in [2.24, 2.45) is 17.8 Å². The van der Waals surface area contributed by atoms with E-state index in [2.05, 4.69) is 24.1 Å². The molecule has 2 fully saturated rings. The molecule has 18 heavy (non-hydrogen) atoms. The van der Waals surface area contributed by atoms with Gasteiger partial charge >= 0.3 is 0 Å². The van der Waals surface area contributed by atoms with Crippen LogP contribution in [0.4, 0.5) is 8.78 Å². The molecule has 0 spiro atoms. The lowest BCUT2D eigenvalue weighted by molar-refractivity contribution is 0.0926. The van der Waals surface area contributed by atoms with Crippen molar-refractivity contribution in [3.63, 3.8) is 0 Å². The van der Waals surface area contributed by atoms with Crippen LogP contribution < -0.4 is 5.32 Å². The Kier molecular flexibility index (Phi) is 4.96. The molecular formula is C14H26F2N2. The predicted molar refractivity (Wildman–Crippen MR) is 69.9 cm³/mol. The lowest BCUT2D eigenvalue weighted by Gasteiger charge is -2.40. The Morgan fingerprint density at radius 2 is 1.94 bits per heavy atom. The van der Waals surface area contributed by atoms with Crippen LogP contribution in [-0.2, 0) is 0 Å². The minimum atomic E-state index is -2.23. The van der Waals surface area contributed by atoms with E-state index in [0.29, 0.717) is 11.8 Å². The quantitative estimate of drug-likeness (QED) is 0.789. The summed E-state index contributed by atoms with van der Waals surface area (Å²) in [6.07, 6.45) is 1.53. The third-order valence-electron chi connectivity index (χ3n) is 4.28. The van der Waals surface area contributed by atoms with Gasteiger partial charge in [-0.1, -0.05) is 13.8 Å². The van der Waals surface area contributed by atoms with Crippen LogP contribution in [-0.4, -0.2) is 43.5 Å². The van der Waals surface area contributed by atoms with Crippen LogP contribution in [0.15, 0.2) is 0 Å². The summed E-state index contributed by atoms with van der Waals surface area (Å²) in [6.45, 7) is 7.61. The van der Waals surface area contributed by atoms with Gasteiger partial charge in [0.2, 0.25) is 0 Å². The second-order valence-electron chi connectivity index (χ2n) is 6.40. The van der Waals surface area contributed by atoms with Crippen molar-refractivity contribution in [1.82, 2.24) is 10.2 Å². The minimum Gasteiger partial charge on any atom is -0.307 e. The molecule has 1 aliphatic heterocycles. The predicted octanol–water partition coefficient (Wildman–Crippen LogP) is 2.60.